The fraction of sp³-hybridized carbons (Fsp3) is 0.231. The number of esters is 1. The fourth-order valence-corrected chi connectivity index (χ4v) is 2.10. The molecule has 0 saturated carbocycles. The van der Waals surface area contributed by atoms with Gasteiger partial charge in [-0.3, -0.25) is 4.79 Å². The molecule has 0 spiro atoms. The number of carbonyl (C=O) groups is 2. The third-order valence-electron chi connectivity index (χ3n) is 2.64. The van der Waals surface area contributed by atoms with Gasteiger partial charge < -0.3 is 4.74 Å². The Kier molecular flexibility index (Phi) is 3.03. The fourth-order valence-electron chi connectivity index (χ4n) is 1.81. The van der Waals surface area contributed by atoms with Gasteiger partial charge in [-0.1, -0.05) is 41.9 Å². The molecule has 1 atom stereocenters. The topological polar surface area (TPSA) is 43.4 Å². The van der Waals surface area contributed by atoms with E-state index in [9.17, 15) is 9.59 Å². The zero-order chi connectivity index (χ0) is 12.5. The van der Waals surface area contributed by atoms with Crippen molar-refractivity contribution in [2.75, 3.05) is 6.61 Å². The summed E-state index contributed by atoms with van der Waals surface area (Å²) in [6.07, 6.45) is 2.96. The van der Waals surface area contributed by atoms with Crippen molar-refractivity contribution in [2.45, 2.75) is 11.8 Å². The highest BCUT2D eigenvalue weighted by Gasteiger charge is 2.48. The zero-order valence-electron chi connectivity index (χ0n) is 9.27. The van der Waals surface area contributed by atoms with Crippen molar-refractivity contribution >= 4 is 29.4 Å². The van der Waals surface area contributed by atoms with Crippen LogP contribution in [0.4, 0.5) is 0 Å². The van der Waals surface area contributed by atoms with Crippen molar-refractivity contribution in [1.82, 2.24) is 0 Å². The summed E-state index contributed by atoms with van der Waals surface area (Å²) in [5.41, 5.74) is 1.24. The Morgan fingerprint density at radius 3 is 2.76 bits per heavy atom. The number of benzene rings is 1. The van der Waals surface area contributed by atoms with Gasteiger partial charge in [0, 0.05) is 0 Å². The second kappa shape index (κ2) is 4.34. The first kappa shape index (κ1) is 11.9. The molecule has 0 saturated heterocycles. The third-order valence-corrected chi connectivity index (χ3v) is 3.19. The largest absolute Gasteiger partial charge is 0.464 e. The monoisotopic (exact) mass is 250 g/mol. The summed E-state index contributed by atoms with van der Waals surface area (Å²) in [5.74, 6) is -1.18. The normalized spacial score (nSPS) is 22.1. The third kappa shape index (κ3) is 1.76. The van der Waals surface area contributed by atoms with E-state index >= 15 is 0 Å². The van der Waals surface area contributed by atoms with Crippen molar-refractivity contribution in [2.24, 2.45) is 0 Å². The number of halogens is 1. The Balaban J connectivity index is 2.56. The molecule has 4 heteroatoms. The summed E-state index contributed by atoms with van der Waals surface area (Å²) in [6, 6.07) is 7.03. The van der Waals surface area contributed by atoms with Crippen molar-refractivity contribution in [3.8, 4) is 0 Å². The number of allylic oxidation sites excluding steroid dienone is 1. The molecule has 2 rings (SSSR count). The molecule has 0 bridgehead atoms. The molecule has 17 heavy (non-hydrogen) atoms. The van der Waals surface area contributed by atoms with E-state index in [1.165, 1.54) is 6.08 Å². The highest BCUT2D eigenvalue weighted by atomic mass is 35.5. The maximum Gasteiger partial charge on any atom is 0.339 e. The van der Waals surface area contributed by atoms with Gasteiger partial charge in [-0.2, -0.15) is 0 Å². The number of ether oxygens (including phenoxy) is 1. The molecular weight excluding hydrogens is 240 g/mol. The van der Waals surface area contributed by atoms with Crippen LogP contribution in [0.2, 0.25) is 0 Å². The molecule has 1 aliphatic carbocycles. The molecule has 0 N–H and O–H groups in total. The van der Waals surface area contributed by atoms with Gasteiger partial charge in [0.15, 0.2) is 5.78 Å². The van der Waals surface area contributed by atoms with Crippen LogP contribution in [0.5, 0.6) is 0 Å². The first-order valence-corrected chi connectivity index (χ1v) is 5.66. The van der Waals surface area contributed by atoms with E-state index in [1.54, 1.807) is 31.2 Å². The summed E-state index contributed by atoms with van der Waals surface area (Å²) in [7, 11) is 0. The molecule has 1 aromatic rings. The standard InChI is InChI=1S/C13H11ClO3/c1-2-17-12(16)13(14)10-6-4-3-5-9(10)7-8-11(13)15/h3-8H,2H2,1H3/t13-/m1/s1. The van der Waals surface area contributed by atoms with Gasteiger partial charge in [0.2, 0.25) is 4.87 Å². The summed E-state index contributed by atoms with van der Waals surface area (Å²) < 4.78 is 4.89. The quantitative estimate of drug-likeness (QED) is 0.459. The zero-order valence-corrected chi connectivity index (χ0v) is 10.0. The molecule has 3 nitrogen and oxygen atoms in total. The van der Waals surface area contributed by atoms with Crippen LogP contribution in [-0.4, -0.2) is 18.4 Å². The highest BCUT2D eigenvalue weighted by Crippen LogP contribution is 2.38. The lowest BCUT2D eigenvalue weighted by atomic mass is 9.85. The summed E-state index contributed by atoms with van der Waals surface area (Å²) in [4.78, 5) is 22.0. The van der Waals surface area contributed by atoms with Gasteiger partial charge in [-0.25, -0.2) is 4.79 Å². The van der Waals surface area contributed by atoms with E-state index < -0.39 is 16.6 Å². The second-order valence-corrected chi connectivity index (χ2v) is 4.23. The minimum Gasteiger partial charge on any atom is -0.464 e. The smallest absolute Gasteiger partial charge is 0.339 e. The van der Waals surface area contributed by atoms with E-state index in [0.717, 1.165) is 5.56 Å². The van der Waals surface area contributed by atoms with Gasteiger partial charge in [0.1, 0.15) is 0 Å². The van der Waals surface area contributed by atoms with Gasteiger partial charge in [-0.15, -0.1) is 0 Å². The van der Waals surface area contributed by atoms with Gasteiger partial charge in [-0.05, 0) is 24.1 Å². The van der Waals surface area contributed by atoms with Crippen LogP contribution in [0.25, 0.3) is 6.08 Å². The maximum atomic E-state index is 11.9. The lowest BCUT2D eigenvalue weighted by molar-refractivity contribution is -0.149. The molecule has 0 aromatic heterocycles. The van der Waals surface area contributed by atoms with Crippen LogP contribution >= 0.6 is 11.6 Å². The first-order valence-electron chi connectivity index (χ1n) is 5.29. The summed E-state index contributed by atoms with van der Waals surface area (Å²) in [5, 5.41) is 0. The molecule has 0 unspecified atom stereocenters. The lowest BCUT2D eigenvalue weighted by Crippen LogP contribution is -2.41. The SMILES string of the molecule is CCOC(=O)[C@]1(Cl)C(=O)C=Cc2ccccc21. The number of rotatable bonds is 2. The van der Waals surface area contributed by atoms with E-state index in [-0.39, 0.29) is 6.61 Å². The van der Waals surface area contributed by atoms with E-state index in [1.807, 2.05) is 6.07 Å². The molecule has 0 amide bonds. The maximum absolute atomic E-state index is 11.9. The minimum absolute atomic E-state index is 0.187. The number of hydrogen-bond donors (Lipinski definition) is 0. The lowest BCUT2D eigenvalue weighted by Gasteiger charge is -2.26. The number of carbonyl (C=O) groups excluding carboxylic acids is 2. The Morgan fingerprint density at radius 2 is 2.06 bits per heavy atom. The van der Waals surface area contributed by atoms with Gasteiger partial charge in [0.25, 0.3) is 0 Å². The molecule has 88 valence electrons. The number of hydrogen-bond acceptors (Lipinski definition) is 3. The molecular formula is C13H11ClO3. The second-order valence-electron chi connectivity index (χ2n) is 3.66. The highest BCUT2D eigenvalue weighted by molar-refractivity contribution is 6.48. The predicted molar refractivity (Wildman–Crippen MR) is 64.6 cm³/mol. The van der Waals surface area contributed by atoms with Crippen LogP contribution in [0.15, 0.2) is 30.3 Å². The molecule has 0 aliphatic heterocycles. The van der Waals surface area contributed by atoms with Crippen molar-refractivity contribution in [3.05, 3.63) is 41.5 Å². The Hall–Kier alpha value is -1.61. The number of fused-ring (bicyclic) bond motifs is 1. The average Bonchev–Trinajstić information content (AvgIpc) is 2.34. The molecule has 1 aromatic carbocycles. The van der Waals surface area contributed by atoms with Crippen molar-refractivity contribution in [3.63, 3.8) is 0 Å². The van der Waals surface area contributed by atoms with Gasteiger partial charge >= 0.3 is 5.97 Å². The van der Waals surface area contributed by atoms with Crippen LogP contribution in [0, 0.1) is 0 Å². The average molecular weight is 251 g/mol. The molecule has 0 radical (unpaired) electrons. The van der Waals surface area contributed by atoms with Crippen LogP contribution in [0.3, 0.4) is 0 Å². The Bertz CT molecular complexity index is 507. The van der Waals surface area contributed by atoms with E-state index in [2.05, 4.69) is 0 Å². The molecule has 0 fully saturated rings. The van der Waals surface area contributed by atoms with E-state index in [4.69, 9.17) is 16.3 Å². The van der Waals surface area contributed by atoms with Crippen LogP contribution in [-0.2, 0) is 19.2 Å². The van der Waals surface area contributed by atoms with Crippen molar-refractivity contribution in [1.29, 1.82) is 0 Å². The van der Waals surface area contributed by atoms with Crippen LogP contribution < -0.4 is 0 Å². The summed E-state index contributed by atoms with van der Waals surface area (Å²) in [6.45, 7) is 1.86. The van der Waals surface area contributed by atoms with Crippen molar-refractivity contribution < 1.29 is 14.3 Å². The number of ketones is 1. The predicted octanol–water partition coefficient (Wildman–Crippen LogP) is 2.28. The minimum atomic E-state index is -1.73. The van der Waals surface area contributed by atoms with Crippen LogP contribution in [0.1, 0.15) is 18.1 Å². The Labute approximate surface area is 104 Å². The Morgan fingerprint density at radius 1 is 1.35 bits per heavy atom. The van der Waals surface area contributed by atoms with E-state index in [0.29, 0.717) is 5.56 Å². The first-order chi connectivity index (χ1) is 8.10. The molecule has 1 aliphatic rings. The van der Waals surface area contributed by atoms with Gasteiger partial charge in [0.05, 0.1) is 6.61 Å². The summed E-state index contributed by atoms with van der Waals surface area (Å²) >= 11 is 6.21. The number of alkyl halides is 1. The molecule has 0 heterocycles.